The van der Waals surface area contributed by atoms with Crippen LogP contribution in [0, 0.1) is 0 Å². The molecule has 0 unspecified atom stereocenters. The van der Waals surface area contributed by atoms with Crippen LogP contribution >= 0.6 is 11.8 Å². The predicted molar refractivity (Wildman–Crippen MR) is 94.4 cm³/mol. The highest BCUT2D eigenvalue weighted by molar-refractivity contribution is 7.99. The Kier molecular flexibility index (Phi) is 5.48. The lowest BCUT2D eigenvalue weighted by molar-refractivity contribution is 0.311. The summed E-state index contributed by atoms with van der Waals surface area (Å²) in [5.41, 5.74) is 1.39. The van der Waals surface area contributed by atoms with Crippen molar-refractivity contribution >= 4 is 17.4 Å². The van der Waals surface area contributed by atoms with Gasteiger partial charge in [-0.2, -0.15) is 11.8 Å². The van der Waals surface area contributed by atoms with E-state index in [4.69, 9.17) is 0 Å². The average Bonchev–Trinajstić information content (AvgIpc) is 2.57. The third-order valence-corrected chi connectivity index (χ3v) is 6.23. The van der Waals surface area contributed by atoms with E-state index in [1.807, 2.05) is 0 Å². The number of anilines is 1. The van der Waals surface area contributed by atoms with E-state index in [2.05, 4.69) is 58.6 Å². The molecule has 2 fully saturated rings. The number of hydrogen-bond donors (Lipinski definition) is 1. The first-order valence-electron chi connectivity index (χ1n) is 8.44. The molecule has 0 aromatic heterocycles. The van der Waals surface area contributed by atoms with Gasteiger partial charge in [0.2, 0.25) is 0 Å². The molecule has 1 aliphatic carbocycles. The fourth-order valence-electron chi connectivity index (χ4n) is 3.74. The van der Waals surface area contributed by atoms with Gasteiger partial charge in [0.1, 0.15) is 0 Å². The summed E-state index contributed by atoms with van der Waals surface area (Å²) in [5.74, 6) is 0. The maximum Gasteiger partial charge on any atom is 0.0366 e. The van der Waals surface area contributed by atoms with Gasteiger partial charge in [-0.1, -0.05) is 18.2 Å². The van der Waals surface area contributed by atoms with Crippen molar-refractivity contribution in [1.29, 1.82) is 0 Å². The summed E-state index contributed by atoms with van der Waals surface area (Å²) in [5, 5.41) is 4.86. The van der Waals surface area contributed by atoms with Crippen LogP contribution in [0.25, 0.3) is 0 Å². The normalized spacial score (nSPS) is 27.8. The van der Waals surface area contributed by atoms with Gasteiger partial charge >= 0.3 is 0 Å². The Labute approximate surface area is 133 Å². The molecule has 0 radical (unpaired) electrons. The third-order valence-electron chi connectivity index (χ3n) is 5.10. The highest BCUT2D eigenvalue weighted by Crippen LogP contribution is 2.28. The molecule has 1 N–H and O–H groups in total. The van der Waals surface area contributed by atoms with Crippen molar-refractivity contribution in [3.8, 4) is 0 Å². The molecule has 0 amide bonds. The molecule has 116 valence electrons. The second-order valence-electron chi connectivity index (χ2n) is 6.47. The van der Waals surface area contributed by atoms with Gasteiger partial charge in [-0.3, -0.25) is 0 Å². The van der Waals surface area contributed by atoms with Gasteiger partial charge in [0, 0.05) is 36.1 Å². The molecular weight excluding hydrogens is 276 g/mol. The number of thioether (sulfide) groups is 1. The number of para-hydroxylation sites is 1. The highest BCUT2D eigenvalue weighted by Gasteiger charge is 2.25. The summed E-state index contributed by atoms with van der Waals surface area (Å²) in [4.78, 5) is 2.53. The smallest absolute Gasteiger partial charge is 0.0366 e. The van der Waals surface area contributed by atoms with Crippen molar-refractivity contribution < 1.29 is 0 Å². The van der Waals surface area contributed by atoms with Gasteiger partial charge in [-0.15, -0.1) is 0 Å². The zero-order valence-corrected chi connectivity index (χ0v) is 13.9. The molecule has 21 heavy (non-hydrogen) atoms. The summed E-state index contributed by atoms with van der Waals surface area (Å²) in [6.45, 7) is 2.39. The van der Waals surface area contributed by atoms with E-state index in [1.54, 1.807) is 0 Å². The fraction of sp³-hybridized carbons (Fsp3) is 0.667. The number of piperidine rings is 1. The lowest BCUT2D eigenvalue weighted by Gasteiger charge is -2.37. The van der Waals surface area contributed by atoms with E-state index in [9.17, 15) is 0 Å². The molecule has 0 spiro atoms. The highest BCUT2D eigenvalue weighted by atomic mass is 32.2. The molecular formula is C18H28N2S. The van der Waals surface area contributed by atoms with Gasteiger partial charge in [-0.05, 0) is 56.9 Å². The summed E-state index contributed by atoms with van der Waals surface area (Å²) < 4.78 is 0. The topological polar surface area (TPSA) is 15.3 Å². The van der Waals surface area contributed by atoms with Crippen LogP contribution in [-0.2, 0) is 0 Å². The summed E-state index contributed by atoms with van der Waals surface area (Å²) in [7, 11) is 0. The zero-order chi connectivity index (χ0) is 14.5. The second kappa shape index (κ2) is 7.55. The first-order chi connectivity index (χ1) is 10.3. The molecule has 3 rings (SSSR count). The van der Waals surface area contributed by atoms with Crippen LogP contribution in [0.1, 0.15) is 38.5 Å². The van der Waals surface area contributed by atoms with E-state index in [0.717, 1.165) is 17.3 Å². The molecule has 2 nitrogen and oxygen atoms in total. The van der Waals surface area contributed by atoms with Crippen molar-refractivity contribution in [2.75, 3.05) is 24.2 Å². The molecule has 1 heterocycles. The van der Waals surface area contributed by atoms with Crippen LogP contribution in [0.2, 0.25) is 0 Å². The first kappa shape index (κ1) is 15.2. The third kappa shape index (κ3) is 4.17. The van der Waals surface area contributed by atoms with Gasteiger partial charge < -0.3 is 10.2 Å². The summed E-state index contributed by atoms with van der Waals surface area (Å²) in [6.07, 6.45) is 10.4. The molecule has 2 aliphatic rings. The summed E-state index contributed by atoms with van der Waals surface area (Å²) in [6, 6.07) is 12.4. The minimum absolute atomic E-state index is 0.737. The van der Waals surface area contributed by atoms with E-state index < -0.39 is 0 Å². The molecule has 1 saturated heterocycles. The Bertz CT molecular complexity index is 406. The maximum atomic E-state index is 3.94. The largest absolute Gasteiger partial charge is 0.371 e. The molecule has 1 saturated carbocycles. The Hall–Kier alpha value is -0.670. The first-order valence-corrected chi connectivity index (χ1v) is 9.73. The van der Waals surface area contributed by atoms with Crippen LogP contribution < -0.4 is 10.2 Å². The second-order valence-corrected chi connectivity index (χ2v) is 7.61. The number of hydrogen-bond acceptors (Lipinski definition) is 3. The van der Waals surface area contributed by atoms with Crippen molar-refractivity contribution in [3.63, 3.8) is 0 Å². The minimum atomic E-state index is 0.737. The van der Waals surface area contributed by atoms with Crippen molar-refractivity contribution in [1.82, 2.24) is 5.32 Å². The van der Waals surface area contributed by atoms with Crippen LogP contribution in [0.15, 0.2) is 30.3 Å². The molecule has 0 atom stereocenters. The van der Waals surface area contributed by atoms with Crippen molar-refractivity contribution in [2.24, 2.45) is 0 Å². The summed E-state index contributed by atoms with van der Waals surface area (Å²) >= 11 is 2.06. The van der Waals surface area contributed by atoms with Crippen LogP contribution in [-0.4, -0.2) is 36.7 Å². The molecule has 1 aromatic rings. The Morgan fingerprint density at radius 2 is 1.52 bits per heavy atom. The number of nitrogens with zero attached hydrogens (tertiary/aromatic N) is 1. The quantitative estimate of drug-likeness (QED) is 0.907. The molecule has 1 aromatic carbocycles. The number of nitrogens with one attached hydrogen (secondary N) is 1. The van der Waals surface area contributed by atoms with Gasteiger partial charge in [0.25, 0.3) is 0 Å². The fourth-order valence-corrected chi connectivity index (χ4v) is 4.49. The predicted octanol–water partition coefficient (Wildman–Crippen LogP) is 3.92. The Balaban J connectivity index is 1.42. The zero-order valence-electron chi connectivity index (χ0n) is 13.1. The van der Waals surface area contributed by atoms with Gasteiger partial charge in [-0.25, -0.2) is 0 Å². The van der Waals surface area contributed by atoms with E-state index in [-0.39, 0.29) is 0 Å². The lowest BCUT2D eigenvalue weighted by Crippen LogP contribution is -2.47. The monoisotopic (exact) mass is 304 g/mol. The van der Waals surface area contributed by atoms with Gasteiger partial charge in [0.15, 0.2) is 0 Å². The number of benzene rings is 1. The van der Waals surface area contributed by atoms with E-state index >= 15 is 0 Å². The van der Waals surface area contributed by atoms with E-state index in [1.165, 1.54) is 57.3 Å². The van der Waals surface area contributed by atoms with Crippen LogP contribution in [0.4, 0.5) is 5.69 Å². The average molecular weight is 305 g/mol. The van der Waals surface area contributed by atoms with Crippen LogP contribution in [0.5, 0.6) is 0 Å². The van der Waals surface area contributed by atoms with Crippen molar-refractivity contribution in [2.45, 2.75) is 55.9 Å². The SMILES string of the molecule is CSC1CCC(NC2CCN(c3ccccc3)CC2)CC1. The van der Waals surface area contributed by atoms with Crippen LogP contribution in [0.3, 0.4) is 0 Å². The molecule has 1 aliphatic heterocycles. The van der Waals surface area contributed by atoms with Gasteiger partial charge in [0.05, 0.1) is 0 Å². The molecule has 3 heteroatoms. The van der Waals surface area contributed by atoms with Crippen molar-refractivity contribution in [3.05, 3.63) is 30.3 Å². The standard InChI is InChI=1S/C18H28N2S/c1-21-18-9-7-15(8-10-18)19-16-11-13-20(14-12-16)17-5-3-2-4-6-17/h2-6,15-16,18-19H,7-14H2,1H3. The number of rotatable bonds is 4. The minimum Gasteiger partial charge on any atom is -0.371 e. The van der Waals surface area contributed by atoms with E-state index in [0.29, 0.717) is 0 Å². The Morgan fingerprint density at radius 1 is 0.905 bits per heavy atom. The molecule has 0 bridgehead atoms. The maximum absolute atomic E-state index is 3.94. The lowest BCUT2D eigenvalue weighted by atomic mass is 9.93. The Morgan fingerprint density at radius 3 is 2.14 bits per heavy atom.